The fraction of sp³-hybridized carbons (Fsp3) is 0.167. The van der Waals surface area contributed by atoms with Crippen molar-refractivity contribution in [2.45, 2.75) is 6.42 Å². The number of hydrogen-bond donors (Lipinski definition) is 0. The van der Waals surface area contributed by atoms with Crippen molar-refractivity contribution in [3.05, 3.63) is 27.0 Å². The van der Waals surface area contributed by atoms with E-state index in [1.165, 1.54) is 0 Å². The highest BCUT2D eigenvalue weighted by Gasteiger charge is 2.07. The summed E-state index contributed by atoms with van der Waals surface area (Å²) in [6.07, 6.45) is 4.45. The molecular formula is C6H4BrCl2. The van der Waals surface area contributed by atoms with E-state index < -0.39 is 0 Å². The van der Waals surface area contributed by atoms with Crippen LogP contribution < -0.4 is 0 Å². The maximum atomic E-state index is 5.70. The first-order chi connectivity index (χ1) is 4.20. The van der Waals surface area contributed by atoms with Gasteiger partial charge in [-0.1, -0.05) is 39.1 Å². The number of halogens is 3. The Labute approximate surface area is 72.7 Å². The summed E-state index contributed by atoms with van der Waals surface area (Å²) in [6, 6.07) is 0. The number of allylic oxidation sites excluding steroid dienone is 4. The average molecular weight is 227 g/mol. The van der Waals surface area contributed by atoms with Crippen LogP contribution in [0.15, 0.2) is 20.6 Å². The van der Waals surface area contributed by atoms with Crippen LogP contribution in [0.3, 0.4) is 0 Å². The van der Waals surface area contributed by atoms with Gasteiger partial charge in [-0.3, -0.25) is 0 Å². The van der Waals surface area contributed by atoms with Gasteiger partial charge in [0.25, 0.3) is 0 Å². The number of rotatable bonds is 0. The van der Waals surface area contributed by atoms with E-state index in [9.17, 15) is 0 Å². The lowest BCUT2D eigenvalue weighted by Crippen LogP contribution is -1.86. The quantitative estimate of drug-likeness (QED) is 0.593. The molecule has 0 unspecified atom stereocenters. The molecule has 0 bridgehead atoms. The van der Waals surface area contributed by atoms with Crippen LogP contribution in [0.25, 0.3) is 0 Å². The van der Waals surface area contributed by atoms with Crippen molar-refractivity contribution in [1.82, 2.24) is 0 Å². The normalized spacial score (nSPS) is 20.1. The molecular weight excluding hydrogens is 223 g/mol. The highest BCUT2D eigenvalue weighted by atomic mass is 79.9. The van der Waals surface area contributed by atoms with Gasteiger partial charge in [0.15, 0.2) is 0 Å². The molecule has 3 heteroatoms. The van der Waals surface area contributed by atoms with Gasteiger partial charge in [-0.05, 0) is 12.5 Å². The predicted molar refractivity (Wildman–Crippen MR) is 44.7 cm³/mol. The Balaban J connectivity index is 2.83. The first-order valence-electron chi connectivity index (χ1n) is 2.44. The first-order valence-corrected chi connectivity index (χ1v) is 3.99. The average Bonchev–Trinajstić information content (AvgIpc) is 1.80. The predicted octanol–water partition coefficient (Wildman–Crippen LogP) is 3.56. The monoisotopic (exact) mass is 225 g/mol. The summed E-state index contributed by atoms with van der Waals surface area (Å²) in [7, 11) is 0. The van der Waals surface area contributed by atoms with E-state index in [1.807, 2.05) is 6.42 Å². The highest BCUT2D eigenvalue weighted by Crippen LogP contribution is 2.30. The van der Waals surface area contributed by atoms with Gasteiger partial charge in [-0.25, -0.2) is 0 Å². The van der Waals surface area contributed by atoms with Crippen molar-refractivity contribution in [2.75, 3.05) is 0 Å². The Morgan fingerprint density at radius 3 is 2.56 bits per heavy atom. The van der Waals surface area contributed by atoms with Crippen LogP contribution in [0.4, 0.5) is 0 Å². The second-order valence-electron chi connectivity index (χ2n) is 1.70. The molecule has 0 fully saturated rings. The van der Waals surface area contributed by atoms with Gasteiger partial charge in [0, 0.05) is 15.9 Å². The van der Waals surface area contributed by atoms with Crippen LogP contribution in [0.5, 0.6) is 0 Å². The van der Waals surface area contributed by atoms with Crippen molar-refractivity contribution in [1.29, 1.82) is 0 Å². The Hall–Kier alpha value is 0.540. The van der Waals surface area contributed by atoms with Crippen LogP contribution in [0, 0.1) is 6.42 Å². The summed E-state index contributed by atoms with van der Waals surface area (Å²) in [6.45, 7) is 0. The second kappa shape index (κ2) is 3.09. The minimum atomic E-state index is 0.672. The molecule has 0 aromatic rings. The van der Waals surface area contributed by atoms with Gasteiger partial charge in [0.05, 0.1) is 5.03 Å². The lowest BCUT2D eigenvalue weighted by Gasteiger charge is -2.06. The van der Waals surface area contributed by atoms with Gasteiger partial charge in [0.2, 0.25) is 0 Å². The van der Waals surface area contributed by atoms with Crippen LogP contribution >= 0.6 is 39.1 Å². The molecule has 0 saturated carbocycles. The third-order valence-corrected chi connectivity index (χ3v) is 2.54. The van der Waals surface area contributed by atoms with Crippen molar-refractivity contribution in [2.24, 2.45) is 0 Å². The van der Waals surface area contributed by atoms with Gasteiger partial charge < -0.3 is 0 Å². The van der Waals surface area contributed by atoms with E-state index in [2.05, 4.69) is 15.9 Å². The van der Waals surface area contributed by atoms with E-state index in [1.54, 1.807) is 6.08 Å². The zero-order valence-electron chi connectivity index (χ0n) is 4.50. The maximum Gasteiger partial charge on any atom is 0.0521 e. The van der Waals surface area contributed by atoms with Gasteiger partial charge in [-0.2, -0.15) is 0 Å². The Bertz CT molecular complexity index is 181. The minimum Gasteiger partial charge on any atom is -0.0891 e. The molecule has 1 aliphatic rings. The third-order valence-electron chi connectivity index (χ3n) is 0.988. The Morgan fingerprint density at radius 1 is 1.44 bits per heavy atom. The van der Waals surface area contributed by atoms with Crippen molar-refractivity contribution < 1.29 is 0 Å². The Kier molecular flexibility index (Phi) is 2.62. The fourth-order valence-corrected chi connectivity index (χ4v) is 1.28. The van der Waals surface area contributed by atoms with Gasteiger partial charge in [0.1, 0.15) is 0 Å². The topological polar surface area (TPSA) is 0 Å². The van der Waals surface area contributed by atoms with Crippen LogP contribution in [0.2, 0.25) is 0 Å². The molecule has 0 spiro atoms. The molecule has 0 atom stereocenters. The van der Waals surface area contributed by atoms with Crippen LogP contribution in [-0.2, 0) is 0 Å². The molecule has 0 aromatic heterocycles. The van der Waals surface area contributed by atoms with Crippen LogP contribution in [-0.4, -0.2) is 0 Å². The largest absolute Gasteiger partial charge is 0.0891 e. The summed E-state index contributed by atoms with van der Waals surface area (Å²) < 4.78 is 0.925. The molecule has 0 heterocycles. The van der Waals surface area contributed by atoms with E-state index in [0.29, 0.717) is 5.03 Å². The standard InChI is InChI=1S/C6H4BrCl2/c7-5-2-1-4(8)3-6(5)9/h2-3H,1H2. The SMILES string of the molecule is ClC1=CC(Cl)=C(Br)[CH]C1. The summed E-state index contributed by atoms with van der Waals surface area (Å²) in [5.74, 6) is 0. The van der Waals surface area contributed by atoms with E-state index in [0.717, 1.165) is 15.9 Å². The molecule has 0 N–H and O–H groups in total. The molecule has 0 amide bonds. The highest BCUT2D eigenvalue weighted by molar-refractivity contribution is 9.11. The Morgan fingerprint density at radius 2 is 2.11 bits per heavy atom. The summed E-state index contributed by atoms with van der Waals surface area (Å²) in [4.78, 5) is 0. The smallest absolute Gasteiger partial charge is 0.0521 e. The molecule has 0 saturated heterocycles. The second-order valence-corrected chi connectivity index (χ2v) is 3.44. The summed E-state index contributed by atoms with van der Waals surface area (Å²) in [5, 5.41) is 1.45. The molecule has 9 heavy (non-hydrogen) atoms. The van der Waals surface area contributed by atoms with E-state index in [4.69, 9.17) is 23.2 Å². The van der Waals surface area contributed by atoms with Gasteiger partial charge >= 0.3 is 0 Å². The van der Waals surface area contributed by atoms with Crippen LogP contribution in [0.1, 0.15) is 6.42 Å². The molecule has 1 aliphatic carbocycles. The summed E-state index contributed by atoms with van der Waals surface area (Å²) >= 11 is 14.6. The molecule has 1 rings (SSSR count). The first kappa shape index (κ1) is 7.64. The fourth-order valence-electron chi connectivity index (χ4n) is 0.550. The maximum absolute atomic E-state index is 5.70. The molecule has 0 aliphatic heterocycles. The zero-order valence-corrected chi connectivity index (χ0v) is 7.59. The lowest BCUT2D eigenvalue weighted by atomic mass is 10.2. The summed E-state index contributed by atoms with van der Waals surface area (Å²) in [5.41, 5.74) is 0. The van der Waals surface area contributed by atoms with E-state index in [-0.39, 0.29) is 0 Å². The third kappa shape index (κ3) is 1.99. The van der Waals surface area contributed by atoms with Crippen molar-refractivity contribution >= 4 is 39.1 Å². The van der Waals surface area contributed by atoms with Crippen molar-refractivity contribution in [3.8, 4) is 0 Å². The number of hydrogen-bond acceptors (Lipinski definition) is 0. The van der Waals surface area contributed by atoms with Gasteiger partial charge in [-0.15, -0.1) is 0 Å². The lowest BCUT2D eigenvalue weighted by molar-refractivity contribution is 1.22. The molecule has 0 nitrogen and oxygen atoms in total. The minimum absolute atomic E-state index is 0.672. The van der Waals surface area contributed by atoms with E-state index >= 15 is 0 Å². The zero-order chi connectivity index (χ0) is 6.85. The molecule has 49 valence electrons. The van der Waals surface area contributed by atoms with Crippen molar-refractivity contribution in [3.63, 3.8) is 0 Å². The molecule has 1 radical (unpaired) electrons. The molecule has 0 aromatic carbocycles.